The number of alkyl halides is 2. The second kappa shape index (κ2) is 11.1. The number of carboxylic acid groups (broad SMARTS) is 1. The number of hydrogen-bond donors (Lipinski definition) is 1. The van der Waals surface area contributed by atoms with E-state index in [1.54, 1.807) is 53.2 Å². The molecular weight excluding hydrogens is 546 g/mol. The Morgan fingerprint density at radius 2 is 1.82 bits per heavy atom. The van der Waals surface area contributed by atoms with Crippen LogP contribution in [-0.4, -0.2) is 59.7 Å². The summed E-state index contributed by atoms with van der Waals surface area (Å²) >= 11 is 6.37. The van der Waals surface area contributed by atoms with Crippen molar-refractivity contribution in [2.75, 3.05) is 27.3 Å². The summed E-state index contributed by atoms with van der Waals surface area (Å²) in [7, 11) is 2.92. The number of piperidine rings is 1. The lowest BCUT2D eigenvalue weighted by Gasteiger charge is -2.36. The van der Waals surface area contributed by atoms with E-state index in [0.717, 1.165) is 4.90 Å². The molecule has 1 amide bonds. The smallest absolute Gasteiger partial charge is 0.355 e. The van der Waals surface area contributed by atoms with Crippen molar-refractivity contribution in [3.05, 3.63) is 76.6 Å². The number of aromatic nitrogens is 1. The van der Waals surface area contributed by atoms with Crippen LogP contribution in [0.2, 0.25) is 5.02 Å². The predicted octanol–water partition coefficient (Wildman–Crippen LogP) is 5.66. The van der Waals surface area contributed by atoms with Crippen molar-refractivity contribution in [3.63, 3.8) is 0 Å². The number of fused-ring (bicyclic) bond motifs is 3. The lowest BCUT2D eigenvalue weighted by Crippen LogP contribution is -2.50. The van der Waals surface area contributed by atoms with Gasteiger partial charge in [0.1, 0.15) is 6.10 Å². The van der Waals surface area contributed by atoms with Crippen LogP contribution in [0.15, 0.2) is 54.7 Å². The fourth-order valence-electron chi connectivity index (χ4n) is 5.60. The third kappa shape index (κ3) is 5.01. The van der Waals surface area contributed by atoms with Crippen LogP contribution in [0, 0.1) is 5.92 Å². The van der Waals surface area contributed by atoms with E-state index in [4.69, 9.17) is 30.9 Å². The Bertz CT molecular complexity index is 1420. The van der Waals surface area contributed by atoms with Crippen molar-refractivity contribution < 1.29 is 37.7 Å². The van der Waals surface area contributed by atoms with Crippen molar-refractivity contribution >= 4 is 23.5 Å². The molecule has 0 aliphatic carbocycles. The number of ether oxygens (including phenoxy) is 3. The summed E-state index contributed by atoms with van der Waals surface area (Å²) in [6.45, 7) is 0.0894. The van der Waals surface area contributed by atoms with E-state index >= 15 is 8.78 Å². The highest BCUT2D eigenvalue weighted by molar-refractivity contribution is 6.30. The largest absolute Gasteiger partial charge is 0.493 e. The lowest BCUT2D eigenvalue weighted by molar-refractivity contribution is -0.191. The van der Waals surface area contributed by atoms with Crippen molar-refractivity contribution in [3.8, 4) is 17.2 Å². The molecule has 11 heteroatoms. The summed E-state index contributed by atoms with van der Waals surface area (Å²) in [5, 5.41) is 9.46. The van der Waals surface area contributed by atoms with E-state index in [1.807, 2.05) is 0 Å². The first-order chi connectivity index (χ1) is 19.1. The summed E-state index contributed by atoms with van der Waals surface area (Å²) < 4.78 is 51.6. The van der Waals surface area contributed by atoms with Crippen LogP contribution in [0.1, 0.15) is 48.3 Å². The number of aliphatic carboxylic acids is 1. The van der Waals surface area contributed by atoms with Crippen LogP contribution in [0.25, 0.3) is 5.69 Å². The molecule has 2 aliphatic heterocycles. The number of hydrogen-bond acceptors (Lipinski definition) is 5. The highest BCUT2D eigenvalue weighted by Crippen LogP contribution is 2.49. The molecule has 0 spiro atoms. The van der Waals surface area contributed by atoms with Gasteiger partial charge in [0.25, 0.3) is 5.91 Å². The van der Waals surface area contributed by atoms with E-state index in [1.165, 1.54) is 20.3 Å². The Hall–Kier alpha value is -3.63. The van der Waals surface area contributed by atoms with Crippen LogP contribution in [0.3, 0.4) is 0 Å². The molecule has 0 radical (unpaired) electrons. The van der Waals surface area contributed by atoms with E-state index < -0.39 is 30.0 Å². The Morgan fingerprint density at radius 1 is 1.07 bits per heavy atom. The number of carbonyl (C=O) groups excluding carboxylic acids is 1. The fourth-order valence-corrected chi connectivity index (χ4v) is 5.78. The maximum absolute atomic E-state index is 16.3. The fraction of sp³-hybridized carbons (Fsp3) is 0.379. The van der Waals surface area contributed by atoms with Gasteiger partial charge in [0.15, 0.2) is 17.6 Å². The maximum atomic E-state index is 16.3. The number of carboxylic acids is 1. The zero-order chi connectivity index (χ0) is 28.6. The average Bonchev–Trinajstić information content (AvgIpc) is 3.37. The number of carbonyl (C=O) groups is 2. The second-order valence-electron chi connectivity index (χ2n) is 9.94. The molecule has 1 N–H and O–H groups in total. The third-order valence-electron chi connectivity index (χ3n) is 7.55. The predicted molar refractivity (Wildman–Crippen MR) is 142 cm³/mol. The number of methoxy groups -OCH3 is 2. The third-order valence-corrected chi connectivity index (χ3v) is 7.78. The van der Waals surface area contributed by atoms with Gasteiger partial charge in [0.2, 0.25) is 0 Å². The van der Waals surface area contributed by atoms with Gasteiger partial charge in [-0.2, -0.15) is 8.78 Å². The lowest BCUT2D eigenvalue weighted by atomic mass is 9.93. The molecule has 3 heterocycles. The van der Waals surface area contributed by atoms with Crippen LogP contribution in [0.5, 0.6) is 11.5 Å². The topological polar surface area (TPSA) is 90.2 Å². The van der Waals surface area contributed by atoms with Crippen molar-refractivity contribution in [1.29, 1.82) is 0 Å². The number of amides is 1. The number of likely N-dealkylation sites (tertiary alicyclic amines) is 1. The molecule has 5 rings (SSSR count). The Labute approximate surface area is 235 Å². The summed E-state index contributed by atoms with van der Waals surface area (Å²) in [6, 6.07) is 13.2. The van der Waals surface area contributed by atoms with Gasteiger partial charge in [-0.05, 0) is 55.2 Å². The highest BCUT2D eigenvalue weighted by Gasteiger charge is 2.54. The Balaban J connectivity index is 1.57. The zero-order valence-electron chi connectivity index (χ0n) is 22.0. The molecule has 0 saturated carbocycles. The molecule has 40 heavy (non-hydrogen) atoms. The van der Waals surface area contributed by atoms with Crippen LogP contribution in [0.4, 0.5) is 8.78 Å². The first-order valence-electron chi connectivity index (χ1n) is 12.9. The van der Waals surface area contributed by atoms with Gasteiger partial charge in [-0.1, -0.05) is 23.7 Å². The zero-order valence-corrected chi connectivity index (χ0v) is 22.7. The molecule has 2 aromatic carbocycles. The van der Waals surface area contributed by atoms with Crippen molar-refractivity contribution in [2.24, 2.45) is 5.92 Å². The molecule has 2 atom stereocenters. The normalized spacial score (nSPS) is 19.4. The Morgan fingerprint density at radius 3 is 2.50 bits per heavy atom. The number of nitrogens with zero attached hydrogens (tertiary/aromatic N) is 2. The van der Waals surface area contributed by atoms with E-state index in [0.29, 0.717) is 46.2 Å². The van der Waals surface area contributed by atoms with Gasteiger partial charge >= 0.3 is 11.9 Å². The minimum Gasteiger partial charge on any atom is -0.493 e. The van der Waals surface area contributed by atoms with Crippen LogP contribution < -0.4 is 9.47 Å². The molecule has 1 aromatic heterocycles. The summed E-state index contributed by atoms with van der Waals surface area (Å²) in [4.78, 5) is 25.6. The Kier molecular flexibility index (Phi) is 7.74. The molecule has 1 fully saturated rings. The number of benzene rings is 2. The molecule has 2 aliphatic rings. The first kappa shape index (κ1) is 27.9. The molecule has 8 nitrogen and oxygen atoms in total. The number of para-hydroxylation sites is 1. The van der Waals surface area contributed by atoms with Crippen LogP contribution >= 0.6 is 11.6 Å². The summed E-state index contributed by atoms with van der Waals surface area (Å²) in [6.07, 6.45) is -0.792. The standard InChI is InChI=1S/C29H29ClF2N2O6/c1-38-23-7-3-5-19(26(23)39-2)25-20-16-18(30)8-9-21(20)34-12-4-6-22(34)27(40-25)29(31,32)28(37)33-13-10-17(11-14-33)15-24(35)36/h3-9,12,16-17,25,27H,10-11,13-15H2,1-2H3,(H,35,36)/t25-,27+/m1/s1. The van der Waals surface area contributed by atoms with Crippen molar-refractivity contribution in [2.45, 2.75) is 37.4 Å². The van der Waals surface area contributed by atoms with E-state index in [2.05, 4.69) is 0 Å². The molecular formula is C29H29ClF2N2O6. The molecule has 0 unspecified atom stereocenters. The number of rotatable bonds is 7. The van der Waals surface area contributed by atoms with Gasteiger partial charge < -0.3 is 28.8 Å². The van der Waals surface area contributed by atoms with Gasteiger partial charge in [-0.15, -0.1) is 0 Å². The summed E-state index contributed by atoms with van der Waals surface area (Å²) in [5.41, 5.74) is 1.61. The number of halogens is 3. The molecule has 212 valence electrons. The quantitative estimate of drug-likeness (QED) is 0.392. The monoisotopic (exact) mass is 574 g/mol. The van der Waals surface area contributed by atoms with Gasteiger partial charge in [0.05, 0.1) is 25.6 Å². The maximum Gasteiger partial charge on any atom is 0.355 e. The first-order valence-corrected chi connectivity index (χ1v) is 13.3. The minimum absolute atomic E-state index is 0.0447. The van der Waals surface area contributed by atoms with Gasteiger partial charge in [-0.25, -0.2) is 0 Å². The highest BCUT2D eigenvalue weighted by atomic mass is 35.5. The van der Waals surface area contributed by atoms with E-state index in [-0.39, 0.29) is 31.1 Å². The molecule has 0 bridgehead atoms. The molecule has 3 aromatic rings. The van der Waals surface area contributed by atoms with Crippen molar-refractivity contribution in [1.82, 2.24) is 9.47 Å². The van der Waals surface area contributed by atoms with E-state index in [9.17, 15) is 9.59 Å². The SMILES string of the molecule is COc1cccc([C@H]2O[C@H](C(F)(F)C(=O)N3CCC(CC(=O)O)CC3)c3cccn3-c3ccc(Cl)cc32)c1OC. The van der Waals surface area contributed by atoms with Crippen LogP contribution in [-0.2, 0) is 14.3 Å². The second-order valence-corrected chi connectivity index (χ2v) is 10.4. The summed E-state index contributed by atoms with van der Waals surface area (Å²) in [5.74, 6) is -5.72. The minimum atomic E-state index is -3.95. The molecule has 1 saturated heterocycles. The van der Waals surface area contributed by atoms with Gasteiger partial charge in [-0.3, -0.25) is 9.59 Å². The average molecular weight is 575 g/mol. The van der Waals surface area contributed by atoms with Gasteiger partial charge in [0, 0.05) is 41.9 Å².